The average molecular weight is 463 g/mol. The highest BCUT2D eigenvalue weighted by atomic mass is 16.6. The summed E-state index contributed by atoms with van der Waals surface area (Å²) < 4.78 is 10.4. The van der Waals surface area contributed by atoms with Gasteiger partial charge in [-0.05, 0) is 52.3 Å². The van der Waals surface area contributed by atoms with Gasteiger partial charge in [-0.25, -0.2) is 4.79 Å². The molecule has 0 aliphatic heterocycles. The molecule has 0 spiro atoms. The smallest absolute Gasteiger partial charge is 0.412 e. The summed E-state index contributed by atoms with van der Waals surface area (Å²) in [6.07, 6.45) is -0.241. The van der Waals surface area contributed by atoms with Crippen molar-refractivity contribution in [2.24, 2.45) is 0 Å². The van der Waals surface area contributed by atoms with Crippen LogP contribution in [0.25, 0.3) is 10.8 Å². The fourth-order valence-electron chi connectivity index (χ4n) is 3.98. The van der Waals surface area contributed by atoms with Crippen molar-refractivity contribution in [1.29, 1.82) is 0 Å². The normalized spacial score (nSPS) is 12.2. The quantitative estimate of drug-likeness (QED) is 0.409. The second-order valence-corrected chi connectivity index (χ2v) is 9.55. The van der Waals surface area contributed by atoms with Gasteiger partial charge in [0.2, 0.25) is 0 Å². The van der Waals surface area contributed by atoms with Crippen molar-refractivity contribution < 1.29 is 19.1 Å². The number of benzene rings is 3. The summed E-state index contributed by atoms with van der Waals surface area (Å²) in [7, 11) is 1.41. The number of carbonyl (C=O) groups is 2. The molecule has 6 nitrogen and oxygen atoms in total. The predicted molar refractivity (Wildman–Crippen MR) is 137 cm³/mol. The van der Waals surface area contributed by atoms with Crippen molar-refractivity contribution in [2.75, 3.05) is 17.3 Å². The molecule has 0 aromatic heterocycles. The number of hydrogen-bond acceptors (Lipinski definition) is 5. The van der Waals surface area contributed by atoms with Gasteiger partial charge in [-0.2, -0.15) is 0 Å². The van der Waals surface area contributed by atoms with E-state index in [-0.39, 0.29) is 18.4 Å². The highest BCUT2D eigenvalue weighted by molar-refractivity contribution is 6.05. The molecule has 180 valence electrons. The number of aryl methyl sites for hydroxylation is 1. The van der Waals surface area contributed by atoms with E-state index in [0.29, 0.717) is 12.2 Å². The Kier molecular flexibility index (Phi) is 7.82. The summed E-state index contributed by atoms with van der Waals surface area (Å²) in [5, 5.41) is 4.75. The van der Waals surface area contributed by atoms with E-state index < -0.39 is 11.7 Å². The Morgan fingerprint density at radius 2 is 1.71 bits per heavy atom. The number of amides is 1. The van der Waals surface area contributed by atoms with Crippen LogP contribution in [0.4, 0.5) is 16.2 Å². The van der Waals surface area contributed by atoms with Crippen LogP contribution in [0.1, 0.15) is 45.2 Å². The van der Waals surface area contributed by atoms with Gasteiger partial charge in [-0.3, -0.25) is 10.1 Å². The molecule has 0 unspecified atom stereocenters. The molecule has 0 saturated heterocycles. The monoisotopic (exact) mass is 462 g/mol. The minimum Gasteiger partial charge on any atom is -0.469 e. The molecule has 34 heavy (non-hydrogen) atoms. The van der Waals surface area contributed by atoms with Gasteiger partial charge in [-0.15, -0.1) is 0 Å². The molecule has 1 atom stereocenters. The Bertz CT molecular complexity index is 1170. The van der Waals surface area contributed by atoms with Gasteiger partial charge in [0.1, 0.15) is 5.60 Å². The van der Waals surface area contributed by atoms with Gasteiger partial charge in [-0.1, -0.05) is 54.1 Å². The van der Waals surface area contributed by atoms with Crippen molar-refractivity contribution in [3.8, 4) is 0 Å². The topological polar surface area (TPSA) is 67.9 Å². The Labute approximate surface area is 201 Å². The van der Waals surface area contributed by atoms with E-state index in [9.17, 15) is 9.59 Å². The highest BCUT2D eigenvalue weighted by Gasteiger charge is 2.22. The largest absolute Gasteiger partial charge is 0.469 e. The summed E-state index contributed by atoms with van der Waals surface area (Å²) in [6, 6.07) is 20.0. The molecule has 1 N–H and O–H groups in total. The fraction of sp³-hybridized carbons (Fsp3) is 0.357. The molecular weight excluding hydrogens is 428 g/mol. The van der Waals surface area contributed by atoms with Crippen molar-refractivity contribution in [3.63, 3.8) is 0 Å². The Morgan fingerprint density at radius 1 is 1.00 bits per heavy atom. The third-order valence-electron chi connectivity index (χ3n) is 5.50. The number of hydrogen-bond donors (Lipinski definition) is 1. The predicted octanol–water partition coefficient (Wildman–Crippen LogP) is 6.45. The minimum atomic E-state index is -0.590. The fourth-order valence-corrected chi connectivity index (χ4v) is 3.98. The lowest BCUT2D eigenvalue weighted by Crippen LogP contribution is -2.35. The molecule has 0 heterocycles. The molecule has 3 rings (SSSR count). The number of esters is 1. The van der Waals surface area contributed by atoms with Gasteiger partial charge >= 0.3 is 12.1 Å². The molecule has 0 aliphatic rings. The number of nitrogens with zero attached hydrogens (tertiary/aromatic N) is 1. The van der Waals surface area contributed by atoms with Crippen LogP contribution in [-0.4, -0.2) is 30.8 Å². The van der Waals surface area contributed by atoms with E-state index in [1.807, 2.05) is 70.2 Å². The van der Waals surface area contributed by atoms with Crippen molar-refractivity contribution in [3.05, 3.63) is 71.8 Å². The van der Waals surface area contributed by atoms with Crippen LogP contribution >= 0.6 is 0 Å². The average Bonchev–Trinajstić information content (AvgIpc) is 2.76. The number of anilines is 2. The minimum absolute atomic E-state index is 0.110. The maximum atomic E-state index is 12.4. The van der Waals surface area contributed by atoms with Crippen LogP contribution < -0.4 is 10.2 Å². The number of rotatable bonds is 7. The maximum absolute atomic E-state index is 12.4. The van der Waals surface area contributed by atoms with Crippen LogP contribution in [0.15, 0.2) is 60.7 Å². The lowest BCUT2D eigenvalue weighted by atomic mass is 10.0. The molecule has 3 aromatic rings. The summed E-state index contributed by atoms with van der Waals surface area (Å²) in [6.45, 7) is 10.2. The van der Waals surface area contributed by atoms with Crippen LogP contribution in [0.5, 0.6) is 0 Å². The van der Waals surface area contributed by atoms with Gasteiger partial charge < -0.3 is 14.4 Å². The van der Waals surface area contributed by atoms with E-state index in [1.54, 1.807) is 0 Å². The molecule has 0 fully saturated rings. The highest BCUT2D eigenvalue weighted by Crippen LogP contribution is 2.35. The standard InChI is InChI=1S/C28H34N2O4/c1-19-10-9-11-21(16-19)18-30(20(2)17-26(31)33-6)25-15-14-24(22-12-7-8-13-23(22)25)29-27(32)34-28(3,4)5/h7-16,20H,17-18H2,1-6H3,(H,29,32)/t20-/m0/s1. The van der Waals surface area contributed by atoms with Crippen molar-refractivity contribution in [1.82, 2.24) is 0 Å². The molecule has 0 bridgehead atoms. The van der Waals surface area contributed by atoms with Gasteiger partial charge in [0.05, 0.1) is 19.2 Å². The molecule has 3 aromatic carbocycles. The molecule has 1 amide bonds. The molecule has 0 aliphatic carbocycles. The molecule has 0 saturated carbocycles. The van der Waals surface area contributed by atoms with Gasteiger partial charge in [0.25, 0.3) is 0 Å². The van der Waals surface area contributed by atoms with Crippen LogP contribution in [-0.2, 0) is 20.8 Å². The zero-order valence-corrected chi connectivity index (χ0v) is 20.8. The maximum Gasteiger partial charge on any atom is 0.412 e. The summed E-state index contributed by atoms with van der Waals surface area (Å²) in [5.74, 6) is -0.255. The van der Waals surface area contributed by atoms with Gasteiger partial charge in [0.15, 0.2) is 0 Å². The number of ether oxygens (including phenoxy) is 2. The first kappa shape index (κ1) is 25.1. The summed E-state index contributed by atoms with van der Waals surface area (Å²) >= 11 is 0. The lowest BCUT2D eigenvalue weighted by molar-refractivity contribution is -0.140. The summed E-state index contributed by atoms with van der Waals surface area (Å²) in [5.41, 5.74) is 3.39. The third-order valence-corrected chi connectivity index (χ3v) is 5.50. The van der Waals surface area contributed by atoms with Gasteiger partial charge in [0, 0.05) is 29.0 Å². The second-order valence-electron chi connectivity index (χ2n) is 9.55. The summed E-state index contributed by atoms with van der Waals surface area (Å²) in [4.78, 5) is 26.8. The SMILES string of the molecule is COC(=O)C[C@H](C)N(Cc1cccc(C)c1)c1ccc(NC(=O)OC(C)(C)C)c2ccccc12. The second kappa shape index (κ2) is 10.6. The molecular formula is C28H34N2O4. The number of carbonyl (C=O) groups excluding carboxylic acids is 2. The Balaban J connectivity index is 2.03. The van der Waals surface area contributed by atoms with Crippen LogP contribution in [0.2, 0.25) is 0 Å². The molecule has 6 heteroatoms. The lowest BCUT2D eigenvalue weighted by Gasteiger charge is -2.32. The molecule has 0 radical (unpaired) electrons. The number of methoxy groups -OCH3 is 1. The van der Waals surface area contributed by atoms with Crippen molar-refractivity contribution >= 4 is 34.2 Å². The number of nitrogens with one attached hydrogen (secondary N) is 1. The Morgan fingerprint density at radius 3 is 2.35 bits per heavy atom. The zero-order valence-electron chi connectivity index (χ0n) is 20.8. The Hall–Kier alpha value is -3.54. The van der Waals surface area contributed by atoms with Crippen LogP contribution in [0.3, 0.4) is 0 Å². The van der Waals surface area contributed by atoms with E-state index in [1.165, 1.54) is 12.7 Å². The first-order chi connectivity index (χ1) is 16.1. The van der Waals surface area contributed by atoms with E-state index >= 15 is 0 Å². The first-order valence-electron chi connectivity index (χ1n) is 11.5. The van der Waals surface area contributed by atoms with E-state index in [2.05, 4.69) is 35.3 Å². The van der Waals surface area contributed by atoms with Crippen LogP contribution in [0, 0.1) is 6.92 Å². The first-order valence-corrected chi connectivity index (χ1v) is 11.5. The van der Waals surface area contributed by atoms with Crippen molar-refractivity contribution in [2.45, 2.75) is 59.2 Å². The number of fused-ring (bicyclic) bond motifs is 1. The van der Waals surface area contributed by atoms with E-state index in [0.717, 1.165) is 22.0 Å². The third kappa shape index (κ3) is 6.50. The van der Waals surface area contributed by atoms with E-state index in [4.69, 9.17) is 9.47 Å². The zero-order chi connectivity index (χ0) is 24.9.